The first-order chi connectivity index (χ1) is 9.44. The molecule has 0 bridgehead atoms. The van der Waals surface area contributed by atoms with Gasteiger partial charge in [-0.25, -0.2) is 8.78 Å². The number of anilines is 1. The molecular formula is C15H14ClF2NO. The van der Waals surface area contributed by atoms with Crippen LogP contribution >= 0.6 is 11.6 Å². The molecule has 20 heavy (non-hydrogen) atoms. The maximum Gasteiger partial charge on any atom is 0.129 e. The Balaban J connectivity index is 2.37. The van der Waals surface area contributed by atoms with Crippen molar-refractivity contribution in [3.8, 4) is 0 Å². The Morgan fingerprint density at radius 1 is 1.15 bits per heavy atom. The summed E-state index contributed by atoms with van der Waals surface area (Å²) in [4.78, 5) is 0. The molecule has 106 valence electrons. The Morgan fingerprint density at radius 2 is 1.80 bits per heavy atom. The van der Waals surface area contributed by atoms with Crippen LogP contribution in [0.3, 0.4) is 0 Å². The minimum atomic E-state index is -1.14. The predicted octanol–water partition coefficient (Wildman–Crippen LogP) is 3.94. The molecule has 0 aromatic heterocycles. The fraction of sp³-hybridized carbons (Fsp3) is 0.200. The van der Waals surface area contributed by atoms with Gasteiger partial charge in [-0.15, -0.1) is 0 Å². The molecule has 2 aromatic rings. The molecule has 2 N–H and O–H groups in total. The zero-order chi connectivity index (χ0) is 14.8. The lowest BCUT2D eigenvalue weighted by Crippen LogP contribution is -2.37. The summed E-state index contributed by atoms with van der Waals surface area (Å²) in [6, 6.07) is 9.91. The van der Waals surface area contributed by atoms with Crippen molar-refractivity contribution in [3.63, 3.8) is 0 Å². The average Bonchev–Trinajstić information content (AvgIpc) is 2.44. The summed E-state index contributed by atoms with van der Waals surface area (Å²) < 4.78 is 27.2. The highest BCUT2D eigenvalue weighted by Crippen LogP contribution is 2.29. The van der Waals surface area contributed by atoms with Crippen LogP contribution in [0.1, 0.15) is 12.5 Å². The normalized spacial score (nSPS) is 13.8. The Morgan fingerprint density at radius 3 is 2.40 bits per heavy atom. The third-order valence-corrected chi connectivity index (χ3v) is 3.36. The molecular weight excluding hydrogens is 284 g/mol. The Hall–Kier alpha value is -1.65. The zero-order valence-electron chi connectivity index (χ0n) is 10.8. The predicted molar refractivity (Wildman–Crippen MR) is 75.9 cm³/mol. The lowest BCUT2D eigenvalue weighted by atomic mass is 9.91. The number of rotatable bonds is 4. The monoisotopic (exact) mass is 297 g/mol. The topological polar surface area (TPSA) is 32.3 Å². The van der Waals surface area contributed by atoms with Crippen LogP contribution in [0, 0.1) is 11.6 Å². The second-order valence-corrected chi connectivity index (χ2v) is 5.18. The van der Waals surface area contributed by atoms with Gasteiger partial charge >= 0.3 is 0 Å². The lowest BCUT2D eigenvalue weighted by molar-refractivity contribution is 0.220. The maximum atomic E-state index is 13.9. The van der Waals surface area contributed by atoms with E-state index in [0.29, 0.717) is 10.7 Å². The van der Waals surface area contributed by atoms with Crippen molar-refractivity contribution in [1.82, 2.24) is 0 Å². The van der Waals surface area contributed by atoms with Crippen LogP contribution in [-0.2, 0) is 5.54 Å². The van der Waals surface area contributed by atoms with Gasteiger partial charge in [-0.1, -0.05) is 11.6 Å². The highest BCUT2D eigenvalue weighted by atomic mass is 35.5. The molecule has 0 aliphatic heterocycles. The zero-order valence-corrected chi connectivity index (χ0v) is 11.6. The number of halogens is 3. The van der Waals surface area contributed by atoms with Crippen LogP contribution in [0.2, 0.25) is 5.02 Å². The van der Waals surface area contributed by atoms with Crippen LogP contribution < -0.4 is 5.32 Å². The number of benzene rings is 2. The molecule has 0 fully saturated rings. The minimum Gasteiger partial charge on any atom is -0.394 e. The van der Waals surface area contributed by atoms with Gasteiger partial charge < -0.3 is 10.4 Å². The summed E-state index contributed by atoms with van der Waals surface area (Å²) >= 11 is 5.79. The van der Waals surface area contributed by atoms with E-state index in [-0.39, 0.29) is 5.56 Å². The molecule has 0 amide bonds. The Kier molecular flexibility index (Phi) is 4.26. The summed E-state index contributed by atoms with van der Waals surface area (Å²) in [5.74, 6) is -1.14. The molecule has 1 atom stereocenters. The fourth-order valence-corrected chi connectivity index (χ4v) is 2.09. The highest BCUT2D eigenvalue weighted by Gasteiger charge is 2.29. The number of nitrogens with one attached hydrogen (secondary N) is 1. The van der Waals surface area contributed by atoms with E-state index in [2.05, 4.69) is 5.32 Å². The molecule has 0 saturated carbocycles. The summed E-state index contributed by atoms with van der Waals surface area (Å²) in [7, 11) is 0. The highest BCUT2D eigenvalue weighted by molar-refractivity contribution is 6.30. The standard InChI is InChI=1S/C15H14ClF2NO/c1-15(9-20,13-8-11(17)4-7-14(13)18)19-12-5-2-10(16)3-6-12/h2-8,19-20H,9H2,1H3. The summed E-state index contributed by atoms with van der Waals surface area (Å²) in [6.07, 6.45) is 0. The second kappa shape index (κ2) is 5.77. The van der Waals surface area contributed by atoms with Crippen molar-refractivity contribution in [2.75, 3.05) is 11.9 Å². The Labute approximate surface area is 121 Å². The number of hydrogen-bond donors (Lipinski definition) is 2. The van der Waals surface area contributed by atoms with Crippen molar-refractivity contribution in [1.29, 1.82) is 0 Å². The van der Waals surface area contributed by atoms with E-state index in [0.717, 1.165) is 18.2 Å². The van der Waals surface area contributed by atoms with Gasteiger partial charge in [-0.05, 0) is 49.4 Å². The van der Waals surface area contributed by atoms with Gasteiger partial charge in [0, 0.05) is 16.3 Å². The first kappa shape index (κ1) is 14.8. The van der Waals surface area contributed by atoms with Crippen LogP contribution in [0.5, 0.6) is 0 Å². The van der Waals surface area contributed by atoms with Crippen molar-refractivity contribution in [3.05, 3.63) is 64.7 Å². The van der Waals surface area contributed by atoms with E-state index in [9.17, 15) is 13.9 Å². The van der Waals surface area contributed by atoms with Gasteiger partial charge in [0.05, 0.1) is 12.1 Å². The summed E-state index contributed by atoms with van der Waals surface area (Å²) in [6.45, 7) is 1.20. The molecule has 0 saturated heterocycles. The van der Waals surface area contributed by atoms with E-state index >= 15 is 0 Å². The molecule has 1 unspecified atom stereocenters. The van der Waals surface area contributed by atoms with Gasteiger partial charge in [-0.2, -0.15) is 0 Å². The molecule has 0 aliphatic carbocycles. The van der Waals surface area contributed by atoms with Gasteiger partial charge in [0.2, 0.25) is 0 Å². The second-order valence-electron chi connectivity index (χ2n) is 4.75. The molecule has 0 spiro atoms. The fourth-order valence-electron chi connectivity index (χ4n) is 1.96. The van der Waals surface area contributed by atoms with E-state index in [1.54, 1.807) is 31.2 Å². The smallest absolute Gasteiger partial charge is 0.129 e. The molecule has 0 radical (unpaired) electrons. The third kappa shape index (κ3) is 3.08. The third-order valence-electron chi connectivity index (χ3n) is 3.10. The Bertz CT molecular complexity index is 603. The largest absolute Gasteiger partial charge is 0.394 e. The number of hydrogen-bond acceptors (Lipinski definition) is 2. The average molecular weight is 298 g/mol. The number of aliphatic hydroxyl groups excluding tert-OH is 1. The summed E-state index contributed by atoms with van der Waals surface area (Å²) in [5, 5.41) is 13.2. The SMILES string of the molecule is CC(CO)(Nc1ccc(Cl)cc1)c1cc(F)ccc1F. The summed E-state index contributed by atoms with van der Waals surface area (Å²) in [5.41, 5.74) is -0.426. The molecule has 2 rings (SSSR count). The van der Waals surface area contributed by atoms with E-state index in [1.165, 1.54) is 0 Å². The van der Waals surface area contributed by atoms with Crippen molar-refractivity contribution in [2.24, 2.45) is 0 Å². The van der Waals surface area contributed by atoms with Crippen LogP contribution in [0.25, 0.3) is 0 Å². The van der Waals surface area contributed by atoms with E-state index in [4.69, 9.17) is 11.6 Å². The molecule has 2 aromatic carbocycles. The van der Waals surface area contributed by atoms with Crippen molar-refractivity contribution >= 4 is 17.3 Å². The van der Waals surface area contributed by atoms with E-state index < -0.39 is 23.8 Å². The maximum absolute atomic E-state index is 13.9. The van der Waals surface area contributed by atoms with E-state index in [1.807, 2.05) is 0 Å². The van der Waals surface area contributed by atoms with Gasteiger partial charge in [0.25, 0.3) is 0 Å². The molecule has 0 aliphatic rings. The lowest BCUT2D eigenvalue weighted by Gasteiger charge is -2.31. The molecule has 2 nitrogen and oxygen atoms in total. The van der Waals surface area contributed by atoms with Crippen molar-refractivity contribution < 1.29 is 13.9 Å². The van der Waals surface area contributed by atoms with Crippen LogP contribution in [-0.4, -0.2) is 11.7 Å². The first-order valence-corrected chi connectivity index (χ1v) is 6.42. The van der Waals surface area contributed by atoms with Crippen molar-refractivity contribution in [2.45, 2.75) is 12.5 Å². The quantitative estimate of drug-likeness (QED) is 0.896. The van der Waals surface area contributed by atoms with Crippen LogP contribution in [0.4, 0.5) is 14.5 Å². The first-order valence-electron chi connectivity index (χ1n) is 6.05. The molecule has 5 heteroatoms. The van der Waals surface area contributed by atoms with Gasteiger partial charge in [0.15, 0.2) is 0 Å². The number of aliphatic hydroxyl groups is 1. The van der Waals surface area contributed by atoms with Gasteiger partial charge in [0.1, 0.15) is 11.6 Å². The minimum absolute atomic E-state index is 0.0648. The van der Waals surface area contributed by atoms with Gasteiger partial charge in [-0.3, -0.25) is 0 Å². The van der Waals surface area contributed by atoms with Crippen LogP contribution in [0.15, 0.2) is 42.5 Å². The molecule has 0 heterocycles.